The quantitative estimate of drug-likeness (QED) is 0.757. The van der Waals surface area contributed by atoms with Crippen molar-refractivity contribution in [3.63, 3.8) is 0 Å². The van der Waals surface area contributed by atoms with Crippen LogP contribution in [-0.4, -0.2) is 48.0 Å². The standard InChI is InChI=1S/C12H25NO2/c1-4-5-6-11(14)12-9-13(10(2)3)7-8-15-12/h10-12,14H,4-9H2,1-3H3. The number of hydrogen-bond donors (Lipinski definition) is 1. The molecule has 2 unspecified atom stereocenters. The Bertz CT molecular complexity index is 173. The number of unbranched alkanes of at least 4 members (excludes halogenated alkanes) is 1. The maximum Gasteiger partial charge on any atom is 0.0961 e. The van der Waals surface area contributed by atoms with E-state index in [2.05, 4.69) is 25.7 Å². The predicted octanol–water partition coefficient (Wildman–Crippen LogP) is 1.65. The van der Waals surface area contributed by atoms with Gasteiger partial charge in [0.05, 0.1) is 18.8 Å². The number of hydrogen-bond acceptors (Lipinski definition) is 3. The maximum absolute atomic E-state index is 9.95. The fourth-order valence-electron chi connectivity index (χ4n) is 2.00. The highest BCUT2D eigenvalue weighted by Gasteiger charge is 2.27. The second kappa shape index (κ2) is 6.46. The van der Waals surface area contributed by atoms with Crippen LogP contribution >= 0.6 is 0 Å². The molecule has 15 heavy (non-hydrogen) atoms. The number of morpholine rings is 1. The van der Waals surface area contributed by atoms with E-state index < -0.39 is 0 Å². The van der Waals surface area contributed by atoms with E-state index in [1.165, 1.54) is 0 Å². The van der Waals surface area contributed by atoms with Gasteiger partial charge in [-0.25, -0.2) is 0 Å². The van der Waals surface area contributed by atoms with Crippen molar-refractivity contribution in [2.75, 3.05) is 19.7 Å². The Kier molecular flexibility index (Phi) is 5.58. The van der Waals surface area contributed by atoms with E-state index in [1.54, 1.807) is 0 Å². The van der Waals surface area contributed by atoms with Gasteiger partial charge in [-0.05, 0) is 20.3 Å². The molecule has 1 saturated heterocycles. The second-order valence-electron chi connectivity index (χ2n) is 4.71. The molecule has 0 aromatic heterocycles. The van der Waals surface area contributed by atoms with Crippen molar-refractivity contribution in [1.29, 1.82) is 0 Å². The predicted molar refractivity (Wildman–Crippen MR) is 62.0 cm³/mol. The summed E-state index contributed by atoms with van der Waals surface area (Å²) in [4.78, 5) is 2.38. The average Bonchev–Trinajstić information content (AvgIpc) is 2.26. The Hall–Kier alpha value is -0.120. The molecule has 0 aromatic rings. The first-order chi connectivity index (χ1) is 7.15. The minimum Gasteiger partial charge on any atom is -0.390 e. The average molecular weight is 215 g/mol. The Labute approximate surface area is 93.4 Å². The van der Waals surface area contributed by atoms with Crippen LogP contribution in [0.1, 0.15) is 40.0 Å². The van der Waals surface area contributed by atoms with Gasteiger partial charge in [0.15, 0.2) is 0 Å². The molecule has 1 rings (SSSR count). The summed E-state index contributed by atoms with van der Waals surface area (Å²) < 4.78 is 5.63. The van der Waals surface area contributed by atoms with Crippen LogP contribution in [0.4, 0.5) is 0 Å². The first kappa shape index (κ1) is 12.9. The Morgan fingerprint density at radius 1 is 1.47 bits per heavy atom. The summed E-state index contributed by atoms with van der Waals surface area (Å²) in [5, 5.41) is 9.95. The lowest BCUT2D eigenvalue weighted by Gasteiger charge is -2.37. The van der Waals surface area contributed by atoms with Gasteiger partial charge in [-0.1, -0.05) is 19.8 Å². The third-order valence-corrected chi connectivity index (χ3v) is 3.14. The van der Waals surface area contributed by atoms with Crippen molar-refractivity contribution >= 4 is 0 Å². The molecule has 3 heteroatoms. The van der Waals surface area contributed by atoms with Crippen molar-refractivity contribution < 1.29 is 9.84 Å². The molecular formula is C12H25NO2. The maximum atomic E-state index is 9.95. The van der Waals surface area contributed by atoms with Crippen LogP contribution in [0, 0.1) is 0 Å². The summed E-state index contributed by atoms with van der Waals surface area (Å²) in [6.07, 6.45) is 2.83. The third-order valence-electron chi connectivity index (χ3n) is 3.14. The lowest BCUT2D eigenvalue weighted by molar-refractivity contribution is -0.0967. The van der Waals surface area contributed by atoms with Gasteiger partial charge in [-0.3, -0.25) is 4.90 Å². The largest absolute Gasteiger partial charge is 0.390 e. The summed E-state index contributed by atoms with van der Waals surface area (Å²) in [5.74, 6) is 0. The number of aliphatic hydroxyl groups excluding tert-OH is 1. The van der Waals surface area contributed by atoms with Crippen LogP contribution < -0.4 is 0 Å². The van der Waals surface area contributed by atoms with E-state index in [-0.39, 0.29) is 12.2 Å². The number of ether oxygens (including phenoxy) is 1. The molecule has 0 spiro atoms. The van der Waals surface area contributed by atoms with Crippen LogP contribution in [0.2, 0.25) is 0 Å². The van der Waals surface area contributed by atoms with Gasteiger partial charge in [-0.2, -0.15) is 0 Å². The Morgan fingerprint density at radius 2 is 2.20 bits per heavy atom. The molecule has 0 saturated carbocycles. The second-order valence-corrected chi connectivity index (χ2v) is 4.71. The van der Waals surface area contributed by atoms with Crippen molar-refractivity contribution in [2.45, 2.75) is 58.3 Å². The van der Waals surface area contributed by atoms with E-state index in [1.807, 2.05) is 0 Å². The van der Waals surface area contributed by atoms with Crippen LogP contribution in [0.25, 0.3) is 0 Å². The van der Waals surface area contributed by atoms with Crippen molar-refractivity contribution in [3.05, 3.63) is 0 Å². The molecule has 1 aliphatic rings. The van der Waals surface area contributed by atoms with Crippen molar-refractivity contribution in [1.82, 2.24) is 4.90 Å². The summed E-state index contributed by atoms with van der Waals surface area (Å²) in [7, 11) is 0. The smallest absolute Gasteiger partial charge is 0.0961 e. The topological polar surface area (TPSA) is 32.7 Å². The van der Waals surface area contributed by atoms with Gasteiger partial charge < -0.3 is 9.84 Å². The molecule has 1 N–H and O–H groups in total. The summed E-state index contributed by atoms with van der Waals surface area (Å²) in [5.41, 5.74) is 0. The molecule has 0 bridgehead atoms. The summed E-state index contributed by atoms with van der Waals surface area (Å²) in [6.45, 7) is 9.17. The third kappa shape index (κ3) is 4.09. The molecule has 1 aliphatic heterocycles. The monoisotopic (exact) mass is 215 g/mol. The highest BCUT2D eigenvalue weighted by Crippen LogP contribution is 2.15. The van der Waals surface area contributed by atoms with E-state index >= 15 is 0 Å². The van der Waals surface area contributed by atoms with E-state index in [0.717, 1.165) is 39.0 Å². The minimum absolute atomic E-state index is 0.0210. The van der Waals surface area contributed by atoms with Crippen molar-refractivity contribution in [2.24, 2.45) is 0 Å². The molecule has 0 amide bonds. The highest BCUT2D eigenvalue weighted by molar-refractivity contribution is 4.79. The Balaban J connectivity index is 2.34. The molecule has 1 heterocycles. The van der Waals surface area contributed by atoms with Crippen LogP contribution in [-0.2, 0) is 4.74 Å². The van der Waals surface area contributed by atoms with Crippen LogP contribution in [0.15, 0.2) is 0 Å². The zero-order valence-corrected chi connectivity index (χ0v) is 10.3. The molecule has 90 valence electrons. The molecule has 1 fully saturated rings. The summed E-state index contributed by atoms with van der Waals surface area (Å²) >= 11 is 0. The SMILES string of the molecule is CCCCC(O)C1CN(C(C)C)CCO1. The van der Waals surface area contributed by atoms with Gasteiger partial charge in [0.2, 0.25) is 0 Å². The zero-order chi connectivity index (χ0) is 11.3. The normalized spacial score (nSPS) is 25.8. The van der Waals surface area contributed by atoms with Crippen LogP contribution in [0.5, 0.6) is 0 Å². The minimum atomic E-state index is -0.286. The first-order valence-electron chi connectivity index (χ1n) is 6.18. The van der Waals surface area contributed by atoms with Gasteiger partial charge in [-0.15, -0.1) is 0 Å². The van der Waals surface area contributed by atoms with Gasteiger partial charge >= 0.3 is 0 Å². The number of nitrogens with zero attached hydrogens (tertiary/aromatic N) is 1. The molecule has 0 aromatic carbocycles. The van der Waals surface area contributed by atoms with Gasteiger partial charge in [0, 0.05) is 19.1 Å². The lowest BCUT2D eigenvalue weighted by Crippen LogP contribution is -2.50. The Morgan fingerprint density at radius 3 is 2.80 bits per heavy atom. The fraction of sp³-hybridized carbons (Fsp3) is 1.00. The van der Waals surface area contributed by atoms with E-state index in [0.29, 0.717) is 6.04 Å². The zero-order valence-electron chi connectivity index (χ0n) is 10.3. The van der Waals surface area contributed by atoms with Gasteiger partial charge in [0.1, 0.15) is 0 Å². The molecule has 2 atom stereocenters. The molecule has 0 radical (unpaired) electrons. The molecule has 3 nitrogen and oxygen atoms in total. The lowest BCUT2D eigenvalue weighted by atomic mass is 10.1. The highest BCUT2D eigenvalue weighted by atomic mass is 16.5. The first-order valence-corrected chi connectivity index (χ1v) is 6.18. The fourth-order valence-corrected chi connectivity index (χ4v) is 2.00. The summed E-state index contributed by atoms with van der Waals surface area (Å²) in [6, 6.07) is 0.551. The van der Waals surface area contributed by atoms with E-state index in [4.69, 9.17) is 4.74 Å². The molecular weight excluding hydrogens is 190 g/mol. The van der Waals surface area contributed by atoms with Gasteiger partial charge in [0.25, 0.3) is 0 Å². The van der Waals surface area contributed by atoms with Crippen LogP contribution in [0.3, 0.4) is 0 Å². The number of aliphatic hydroxyl groups is 1. The van der Waals surface area contributed by atoms with E-state index in [9.17, 15) is 5.11 Å². The molecule has 0 aliphatic carbocycles. The van der Waals surface area contributed by atoms with Crippen molar-refractivity contribution in [3.8, 4) is 0 Å². The number of rotatable bonds is 5.